The van der Waals surface area contributed by atoms with Gasteiger partial charge in [-0.05, 0) is 31.0 Å². The Morgan fingerprint density at radius 2 is 2.15 bits per heavy atom. The first-order valence-corrected chi connectivity index (χ1v) is 7.19. The molecule has 2 atom stereocenters. The Balaban J connectivity index is 2.14. The summed E-state index contributed by atoms with van der Waals surface area (Å²) in [5.74, 6) is -1.19. The molecule has 0 bridgehead atoms. The minimum absolute atomic E-state index is 0.299. The number of hydrogen-bond donors (Lipinski definition) is 2. The van der Waals surface area contributed by atoms with Crippen molar-refractivity contribution < 1.29 is 19.4 Å². The fourth-order valence-electron chi connectivity index (χ4n) is 2.53. The van der Waals surface area contributed by atoms with Gasteiger partial charge in [-0.25, -0.2) is 0 Å². The Morgan fingerprint density at radius 1 is 1.40 bits per heavy atom. The smallest absolute Gasteiger partial charge is 0.308 e. The summed E-state index contributed by atoms with van der Waals surface area (Å²) in [6, 6.07) is 4.80. The lowest BCUT2D eigenvalue weighted by Gasteiger charge is -2.18. The Bertz CT molecular complexity index is 532. The predicted octanol–water partition coefficient (Wildman–Crippen LogP) is 2.44. The number of carbonyl (C=O) groups excluding carboxylic acids is 1. The molecular weight excluding hydrogens is 326 g/mol. The third-order valence-corrected chi connectivity index (χ3v) is 4.05. The number of benzene rings is 1. The molecule has 1 aliphatic carbocycles. The number of nitrogens with one attached hydrogen (secondary N) is 1. The normalized spacial score (nSPS) is 21.5. The first-order chi connectivity index (χ1) is 9.52. The van der Waals surface area contributed by atoms with Crippen LogP contribution in [0, 0.1) is 5.92 Å². The van der Waals surface area contributed by atoms with Crippen molar-refractivity contribution >= 4 is 27.8 Å². The van der Waals surface area contributed by atoms with E-state index in [1.165, 1.54) is 7.11 Å². The molecular formula is C14H16BrNO4. The summed E-state index contributed by atoms with van der Waals surface area (Å²) in [6.07, 6.45) is 2.12. The van der Waals surface area contributed by atoms with Crippen molar-refractivity contribution in [3.8, 4) is 5.75 Å². The Kier molecular flexibility index (Phi) is 4.65. The molecule has 1 aromatic rings. The highest BCUT2D eigenvalue weighted by molar-refractivity contribution is 9.10. The predicted molar refractivity (Wildman–Crippen MR) is 76.9 cm³/mol. The number of ether oxygens (including phenoxy) is 1. The van der Waals surface area contributed by atoms with Crippen molar-refractivity contribution in [2.75, 3.05) is 7.11 Å². The van der Waals surface area contributed by atoms with E-state index >= 15 is 0 Å². The monoisotopic (exact) mass is 341 g/mol. The van der Waals surface area contributed by atoms with Crippen molar-refractivity contribution in [1.82, 2.24) is 5.32 Å². The third-order valence-electron chi connectivity index (χ3n) is 3.56. The average Bonchev–Trinajstić information content (AvgIpc) is 2.86. The van der Waals surface area contributed by atoms with E-state index in [4.69, 9.17) is 9.84 Å². The van der Waals surface area contributed by atoms with Gasteiger partial charge in [0.15, 0.2) is 0 Å². The highest BCUT2D eigenvalue weighted by Gasteiger charge is 2.34. The largest absolute Gasteiger partial charge is 0.496 e. The van der Waals surface area contributed by atoms with E-state index in [1.54, 1.807) is 18.2 Å². The van der Waals surface area contributed by atoms with Gasteiger partial charge in [0.1, 0.15) is 5.75 Å². The zero-order valence-corrected chi connectivity index (χ0v) is 12.6. The van der Waals surface area contributed by atoms with Gasteiger partial charge in [0, 0.05) is 10.5 Å². The van der Waals surface area contributed by atoms with Crippen LogP contribution >= 0.6 is 15.9 Å². The molecule has 2 rings (SSSR count). The van der Waals surface area contributed by atoms with Gasteiger partial charge in [-0.3, -0.25) is 9.59 Å². The second-order valence-electron chi connectivity index (χ2n) is 4.80. The zero-order chi connectivity index (χ0) is 14.7. The molecule has 0 saturated heterocycles. The van der Waals surface area contributed by atoms with Gasteiger partial charge in [-0.15, -0.1) is 0 Å². The maximum Gasteiger partial charge on any atom is 0.308 e. The number of hydrogen-bond acceptors (Lipinski definition) is 3. The van der Waals surface area contributed by atoms with Crippen LogP contribution in [0.25, 0.3) is 0 Å². The van der Waals surface area contributed by atoms with Crippen molar-refractivity contribution in [1.29, 1.82) is 0 Å². The second kappa shape index (κ2) is 6.26. The van der Waals surface area contributed by atoms with Crippen molar-refractivity contribution in [2.45, 2.75) is 25.3 Å². The third kappa shape index (κ3) is 3.12. The number of methoxy groups -OCH3 is 1. The van der Waals surface area contributed by atoms with E-state index in [0.717, 1.165) is 10.9 Å². The maximum absolute atomic E-state index is 12.3. The minimum atomic E-state index is -0.851. The van der Waals surface area contributed by atoms with E-state index < -0.39 is 11.9 Å². The maximum atomic E-state index is 12.3. The second-order valence-corrected chi connectivity index (χ2v) is 5.72. The average molecular weight is 342 g/mol. The lowest BCUT2D eigenvalue weighted by atomic mass is 10.0. The summed E-state index contributed by atoms with van der Waals surface area (Å²) in [4.78, 5) is 23.4. The van der Waals surface area contributed by atoms with Crippen molar-refractivity contribution in [3.05, 3.63) is 28.2 Å². The van der Waals surface area contributed by atoms with Crippen LogP contribution in [-0.2, 0) is 4.79 Å². The van der Waals surface area contributed by atoms with E-state index in [0.29, 0.717) is 24.2 Å². The summed E-state index contributed by atoms with van der Waals surface area (Å²) >= 11 is 3.31. The Morgan fingerprint density at radius 3 is 2.80 bits per heavy atom. The van der Waals surface area contributed by atoms with Gasteiger partial charge in [-0.1, -0.05) is 22.4 Å². The Hall–Kier alpha value is -1.56. The molecule has 6 heteroatoms. The van der Waals surface area contributed by atoms with E-state index in [9.17, 15) is 9.59 Å². The van der Waals surface area contributed by atoms with E-state index in [1.807, 2.05) is 0 Å². The molecule has 0 radical (unpaired) electrons. The highest BCUT2D eigenvalue weighted by atomic mass is 79.9. The number of amides is 1. The molecule has 2 unspecified atom stereocenters. The standard InChI is InChI=1S/C14H16BrNO4/c1-20-12-7-8(15)5-6-10(12)13(17)16-11-4-2-3-9(11)14(18)19/h5-7,9,11H,2-4H2,1H3,(H,16,17)(H,18,19). The molecule has 1 amide bonds. The van der Waals surface area contributed by atoms with E-state index in [2.05, 4.69) is 21.2 Å². The van der Waals surface area contributed by atoms with Crippen molar-refractivity contribution in [3.63, 3.8) is 0 Å². The van der Waals surface area contributed by atoms with Crippen LogP contribution < -0.4 is 10.1 Å². The number of carboxylic acid groups (broad SMARTS) is 1. The number of aliphatic carboxylic acids is 1. The molecule has 1 aromatic carbocycles. The highest BCUT2D eigenvalue weighted by Crippen LogP contribution is 2.28. The van der Waals surface area contributed by atoms with Gasteiger partial charge >= 0.3 is 5.97 Å². The van der Waals surface area contributed by atoms with E-state index in [-0.39, 0.29) is 11.9 Å². The first kappa shape index (κ1) is 14.8. The summed E-state index contributed by atoms with van der Waals surface area (Å²) in [5, 5.41) is 11.9. The van der Waals surface area contributed by atoms with Crippen LogP contribution in [0.5, 0.6) is 5.75 Å². The molecule has 1 fully saturated rings. The molecule has 1 saturated carbocycles. The number of carbonyl (C=O) groups is 2. The topological polar surface area (TPSA) is 75.6 Å². The van der Waals surface area contributed by atoms with Crippen LogP contribution in [0.4, 0.5) is 0 Å². The van der Waals surface area contributed by atoms with Gasteiger partial charge in [0.25, 0.3) is 5.91 Å². The number of halogens is 1. The summed E-state index contributed by atoms with van der Waals surface area (Å²) in [5.41, 5.74) is 0.409. The molecule has 20 heavy (non-hydrogen) atoms. The van der Waals surface area contributed by atoms with Crippen LogP contribution in [0.1, 0.15) is 29.6 Å². The van der Waals surface area contributed by atoms with Gasteiger partial charge in [-0.2, -0.15) is 0 Å². The zero-order valence-electron chi connectivity index (χ0n) is 11.1. The lowest BCUT2D eigenvalue weighted by Crippen LogP contribution is -2.40. The number of carboxylic acids is 1. The quantitative estimate of drug-likeness (QED) is 0.881. The molecule has 2 N–H and O–H groups in total. The van der Waals surface area contributed by atoms with Gasteiger partial charge in [0.05, 0.1) is 18.6 Å². The minimum Gasteiger partial charge on any atom is -0.496 e. The summed E-state index contributed by atoms with van der Waals surface area (Å²) in [6.45, 7) is 0. The summed E-state index contributed by atoms with van der Waals surface area (Å²) in [7, 11) is 1.49. The van der Waals surface area contributed by atoms with Gasteiger partial charge in [0.2, 0.25) is 0 Å². The fraction of sp³-hybridized carbons (Fsp3) is 0.429. The van der Waals surface area contributed by atoms with Crippen LogP contribution in [0.2, 0.25) is 0 Å². The number of rotatable bonds is 4. The fourth-order valence-corrected chi connectivity index (χ4v) is 2.87. The van der Waals surface area contributed by atoms with Crippen LogP contribution in [0.15, 0.2) is 22.7 Å². The molecule has 0 heterocycles. The Labute approximate surface area is 125 Å². The molecule has 108 valence electrons. The lowest BCUT2D eigenvalue weighted by molar-refractivity contribution is -0.142. The summed E-state index contributed by atoms with van der Waals surface area (Å²) < 4.78 is 5.99. The van der Waals surface area contributed by atoms with Crippen LogP contribution in [-0.4, -0.2) is 30.1 Å². The van der Waals surface area contributed by atoms with Gasteiger partial charge < -0.3 is 15.2 Å². The molecule has 1 aliphatic rings. The molecule has 0 aliphatic heterocycles. The molecule has 0 spiro atoms. The first-order valence-electron chi connectivity index (χ1n) is 6.40. The molecule has 5 nitrogen and oxygen atoms in total. The van der Waals surface area contributed by atoms with Crippen molar-refractivity contribution in [2.24, 2.45) is 5.92 Å². The van der Waals surface area contributed by atoms with Crippen LogP contribution in [0.3, 0.4) is 0 Å². The SMILES string of the molecule is COc1cc(Br)ccc1C(=O)NC1CCCC1C(=O)O. The molecule has 0 aromatic heterocycles.